The summed E-state index contributed by atoms with van der Waals surface area (Å²) in [4.78, 5) is 16.6. The van der Waals surface area contributed by atoms with E-state index in [1.54, 1.807) is 0 Å². The van der Waals surface area contributed by atoms with E-state index in [0.29, 0.717) is 0 Å². The van der Waals surface area contributed by atoms with Crippen molar-refractivity contribution in [2.45, 2.75) is 43.5 Å². The first-order valence-electron chi connectivity index (χ1n) is 6.70. The topological polar surface area (TPSA) is 42.0 Å². The molecule has 1 amide bonds. The number of benzene rings is 1. The lowest BCUT2D eigenvalue weighted by Crippen LogP contribution is -2.44. The second kappa shape index (κ2) is 5.83. The molecule has 1 heterocycles. The molecule has 2 rings (SSSR count). The third-order valence-electron chi connectivity index (χ3n) is 2.74. The number of carbonyl (C=O) groups excluding carboxylic acids is 1. The standard InChI is InChI=1S/C16H20N2OS/c1-11(15(19)18-16(2,3)4)20-14-10-9-12-7-5-6-8-13(12)17-14/h5-11H,1-4H3,(H,18,19)/t11-/m0/s1. The Balaban J connectivity index is 2.09. The van der Waals surface area contributed by atoms with Gasteiger partial charge in [-0.3, -0.25) is 4.79 Å². The molecule has 1 aromatic heterocycles. The molecule has 0 aliphatic carbocycles. The lowest BCUT2D eigenvalue weighted by molar-refractivity contribution is -0.121. The van der Waals surface area contributed by atoms with Crippen LogP contribution in [0.25, 0.3) is 10.9 Å². The average Bonchev–Trinajstić information content (AvgIpc) is 2.36. The molecule has 0 spiro atoms. The summed E-state index contributed by atoms with van der Waals surface area (Å²) in [5.41, 5.74) is 0.754. The molecule has 1 aromatic carbocycles. The number of carbonyl (C=O) groups is 1. The number of hydrogen-bond donors (Lipinski definition) is 1. The molecule has 1 N–H and O–H groups in total. The normalized spacial score (nSPS) is 13.2. The van der Waals surface area contributed by atoms with Gasteiger partial charge in [-0.2, -0.15) is 0 Å². The fourth-order valence-electron chi connectivity index (χ4n) is 1.82. The van der Waals surface area contributed by atoms with Crippen molar-refractivity contribution in [1.29, 1.82) is 0 Å². The first kappa shape index (κ1) is 14.9. The van der Waals surface area contributed by atoms with Gasteiger partial charge in [-0.15, -0.1) is 0 Å². The minimum Gasteiger partial charge on any atom is -0.351 e. The van der Waals surface area contributed by atoms with Crippen LogP contribution in [-0.2, 0) is 4.79 Å². The minimum atomic E-state index is -0.206. The van der Waals surface area contributed by atoms with Crippen LogP contribution in [0.3, 0.4) is 0 Å². The number of hydrogen-bond acceptors (Lipinski definition) is 3. The van der Waals surface area contributed by atoms with Crippen LogP contribution in [0.5, 0.6) is 0 Å². The van der Waals surface area contributed by atoms with Crippen molar-refractivity contribution in [2.24, 2.45) is 0 Å². The van der Waals surface area contributed by atoms with Crippen LogP contribution in [0, 0.1) is 0 Å². The summed E-state index contributed by atoms with van der Waals surface area (Å²) in [6.07, 6.45) is 0. The van der Waals surface area contributed by atoms with Gasteiger partial charge in [0.25, 0.3) is 0 Å². The number of aromatic nitrogens is 1. The zero-order valence-corrected chi connectivity index (χ0v) is 13.1. The number of nitrogens with one attached hydrogen (secondary N) is 1. The maximum Gasteiger partial charge on any atom is 0.233 e. The van der Waals surface area contributed by atoms with Gasteiger partial charge in [-0.1, -0.05) is 36.0 Å². The Labute approximate surface area is 124 Å². The number of rotatable bonds is 3. The second-order valence-corrected chi connectivity index (χ2v) is 7.20. The maximum atomic E-state index is 12.1. The molecule has 1 atom stereocenters. The first-order chi connectivity index (χ1) is 9.35. The summed E-state index contributed by atoms with van der Waals surface area (Å²) in [7, 11) is 0. The zero-order valence-electron chi connectivity index (χ0n) is 12.3. The highest BCUT2D eigenvalue weighted by Gasteiger charge is 2.20. The van der Waals surface area contributed by atoms with Crippen LogP contribution in [-0.4, -0.2) is 21.7 Å². The fraction of sp³-hybridized carbons (Fsp3) is 0.375. The largest absolute Gasteiger partial charge is 0.351 e. The van der Waals surface area contributed by atoms with Crippen molar-refractivity contribution in [1.82, 2.24) is 10.3 Å². The van der Waals surface area contributed by atoms with E-state index in [1.165, 1.54) is 11.8 Å². The van der Waals surface area contributed by atoms with Gasteiger partial charge < -0.3 is 5.32 Å². The highest BCUT2D eigenvalue weighted by molar-refractivity contribution is 8.00. The zero-order chi connectivity index (χ0) is 14.8. The number of nitrogens with zero attached hydrogens (tertiary/aromatic N) is 1. The highest BCUT2D eigenvalue weighted by Crippen LogP contribution is 2.24. The molecule has 4 heteroatoms. The predicted molar refractivity (Wildman–Crippen MR) is 85.0 cm³/mol. The smallest absolute Gasteiger partial charge is 0.233 e. The fourth-order valence-corrected chi connectivity index (χ4v) is 2.64. The molecule has 0 fully saturated rings. The monoisotopic (exact) mass is 288 g/mol. The number of pyridine rings is 1. The lowest BCUT2D eigenvalue weighted by Gasteiger charge is -2.22. The molecule has 106 valence electrons. The van der Waals surface area contributed by atoms with E-state index in [9.17, 15) is 4.79 Å². The van der Waals surface area contributed by atoms with Crippen LogP contribution >= 0.6 is 11.8 Å². The van der Waals surface area contributed by atoms with Crippen LogP contribution in [0.1, 0.15) is 27.7 Å². The predicted octanol–water partition coefficient (Wildman–Crippen LogP) is 3.63. The van der Waals surface area contributed by atoms with Gasteiger partial charge in [0, 0.05) is 10.9 Å². The lowest BCUT2D eigenvalue weighted by atomic mass is 10.1. The van der Waals surface area contributed by atoms with Gasteiger partial charge in [0.05, 0.1) is 15.8 Å². The van der Waals surface area contributed by atoms with Gasteiger partial charge in [-0.25, -0.2) is 4.98 Å². The Bertz CT molecular complexity index is 619. The Morgan fingerprint density at radius 2 is 1.90 bits per heavy atom. The first-order valence-corrected chi connectivity index (χ1v) is 7.57. The van der Waals surface area contributed by atoms with Crippen LogP contribution in [0.4, 0.5) is 0 Å². The van der Waals surface area contributed by atoms with Crippen LogP contribution < -0.4 is 5.32 Å². The Hall–Kier alpha value is -1.55. The van der Waals surface area contributed by atoms with Crippen molar-refractivity contribution >= 4 is 28.6 Å². The summed E-state index contributed by atoms with van der Waals surface area (Å²) in [6.45, 7) is 7.85. The van der Waals surface area contributed by atoms with E-state index in [4.69, 9.17) is 0 Å². The van der Waals surface area contributed by atoms with E-state index in [-0.39, 0.29) is 16.7 Å². The van der Waals surface area contributed by atoms with E-state index in [1.807, 2.05) is 64.1 Å². The summed E-state index contributed by atoms with van der Waals surface area (Å²) in [6, 6.07) is 12.0. The van der Waals surface area contributed by atoms with E-state index >= 15 is 0 Å². The van der Waals surface area contributed by atoms with Crippen molar-refractivity contribution in [3.8, 4) is 0 Å². The van der Waals surface area contributed by atoms with Gasteiger partial charge in [0.1, 0.15) is 0 Å². The molecule has 0 bridgehead atoms. The van der Waals surface area contributed by atoms with Gasteiger partial charge in [0.15, 0.2) is 0 Å². The molecule has 0 aliphatic rings. The van der Waals surface area contributed by atoms with Crippen LogP contribution in [0.15, 0.2) is 41.4 Å². The molecular formula is C16H20N2OS. The van der Waals surface area contributed by atoms with Crippen molar-refractivity contribution in [2.75, 3.05) is 0 Å². The number of para-hydroxylation sites is 1. The van der Waals surface area contributed by atoms with Gasteiger partial charge in [-0.05, 0) is 39.8 Å². The van der Waals surface area contributed by atoms with Crippen molar-refractivity contribution in [3.05, 3.63) is 36.4 Å². The quantitative estimate of drug-likeness (QED) is 0.877. The minimum absolute atomic E-state index is 0.0393. The Morgan fingerprint density at radius 1 is 1.20 bits per heavy atom. The molecule has 0 unspecified atom stereocenters. The van der Waals surface area contributed by atoms with E-state index in [0.717, 1.165) is 15.9 Å². The Kier molecular flexibility index (Phi) is 4.33. The number of thioether (sulfide) groups is 1. The molecule has 0 radical (unpaired) electrons. The summed E-state index contributed by atoms with van der Waals surface area (Å²) in [5.74, 6) is 0.0393. The van der Waals surface area contributed by atoms with Gasteiger partial charge >= 0.3 is 0 Å². The summed E-state index contributed by atoms with van der Waals surface area (Å²) in [5, 5.41) is 4.81. The third-order valence-corrected chi connectivity index (χ3v) is 3.77. The summed E-state index contributed by atoms with van der Waals surface area (Å²) < 4.78 is 0. The van der Waals surface area contributed by atoms with Crippen molar-refractivity contribution < 1.29 is 4.79 Å². The average molecular weight is 288 g/mol. The van der Waals surface area contributed by atoms with Crippen molar-refractivity contribution in [3.63, 3.8) is 0 Å². The molecule has 0 saturated carbocycles. The van der Waals surface area contributed by atoms with Gasteiger partial charge in [0.2, 0.25) is 5.91 Å². The molecular weight excluding hydrogens is 268 g/mol. The molecule has 0 saturated heterocycles. The number of fused-ring (bicyclic) bond motifs is 1. The van der Waals surface area contributed by atoms with E-state index < -0.39 is 0 Å². The summed E-state index contributed by atoms with van der Waals surface area (Å²) >= 11 is 1.48. The number of amides is 1. The van der Waals surface area contributed by atoms with Crippen LogP contribution in [0.2, 0.25) is 0 Å². The SMILES string of the molecule is C[C@H](Sc1ccc2ccccc2n1)C(=O)NC(C)(C)C. The second-order valence-electron chi connectivity index (χ2n) is 5.84. The maximum absolute atomic E-state index is 12.1. The molecule has 3 nitrogen and oxygen atoms in total. The highest BCUT2D eigenvalue weighted by atomic mass is 32.2. The Morgan fingerprint density at radius 3 is 2.60 bits per heavy atom. The molecule has 2 aromatic rings. The van der Waals surface area contributed by atoms with E-state index in [2.05, 4.69) is 10.3 Å². The third kappa shape index (κ3) is 3.97. The molecule has 0 aliphatic heterocycles. The molecule has 20 heavy (non-hydrogen) atoms.